The van der Waals surface area contributed by atoms with Crippen molar-refractivity contribution < 1.29 is 0 Å². The van der Waals surface area contributed by atoms with Crippen LogP contribution in [-0.4, -0.2) is 40.2 Å². The average molecular weight is 268 g/mol. The Morgan fingerprint density at radius 1 is 1.26 bits per heavy atom. The van der Waals surface area contributed by atoms with Crippen LogP contribution < -0.4 is 16.6 Å². The van der Waals surface area contributed by atoms with E-state index in [0.29, 0.717) is 12.1 Å². The van der Waals surface area contributed by atoms with E-state index in [1.165, 1.54) is 11.6 Å². The Morgan fingerprint density at radius 2 is 1.84 bits per heavy atom. The van der Waals surface area contributed by atoms with E-state index < -0.39 is 0 Å². The summed E-state index contributed by atoms with van der Waals surface area (Å²) in [6, 6.07) is 0. The van der Waals surface area contributed by atoms with Crippen molar-refractivity contribution in [3.05, 3.63) is 32.6 Å². The van der Waals surface area contributed by atoms with Crippen molar-refractivity contribution in [1.29, 1.82) is 0 Å². The van der Waals surface area contributed by atoms with E-state index in [9.17, 15) is 9.59 Å². The summed E-state index contributed by atoms with van der Waals surface area (Å²) in [6.07, 6.45) is 1.60. The third-order valence-electron chi connectivity index (χ3n) is 3.60. The topological polar surface area (TPSA) is 59.3 Å². The molecule has 19 heavy (non-hydrogen) atoms. The fourth-order valence-electron chi connectivity index (χ4n) is 1.67. The Labute approximate surface area is 113 Å². The van der Waals surface area contributed by atoms with Crippen LogP contribution in [0.3, 0.4) is 0 Å². The lowest BCUT2D eigenvalue weighted by atomic mass is 10.0. The molecule has 0 atom stereocenters. The molecule has 6 nitrogen and oxygen atoms in total. The van der Waals surface area contributed by atoms with Crippen molar-refractivity contribution in [2.24, 2.45) is 14.1 Å². The zero-order chi connectivity index (χ0) is 14.8. The van der Waals surface area contributed by atoms with Crippen molar-refractivity contribution in [2.45, 2.75) is 25.9 Å². The Kier molecular flexibility index (Phi) is 4.70. The van der Waals surface area contributed by atoms with E-state index in [1.807, 2.05) is 14.1 Å². The average Bonchev–Trinajstić information content (AvgIpc) is 2.32. The van der Waals surface area contributed by atoms with Gasteiger partial charge in [-0.05, 0) is 27.9 Å². The van der Waals surface area contributed by atoms with Crippen LogP contribution in [0.2, 0.25) is 0 Å². The van der Waals surface area contributed by atoms with Gasteiger partial charge in [-0.2, -0.15) is 0 Å². The number of hydrogen-bond acceptors (Lipinski definition) is 4. The predicted molar refractivity (Wildman–Crippen MR) is 76.4 cm³/mol. The lowest BCUT2D eigenvalue weighted by Gasteiger charge is -2.32. The molecule has 0 saturated heterocycles. The smallest absolute Gasteiger partial charge is 0.311 e. The second-order valence-corrected chi connectivity index (χ2v) is 5.72. The molecule has 0 saturated carbocycles. The van der Waals surface area contributed by atoms with Crippen LogP contribution in [-0.2, 0) is 20.6 Å². The third-order valence-corrected chi connectivity index (χ3v) is 3.60. The molecule has 0 radical (unpaired) electrons. The Morgan fingerprint density at radius 3 is 2.37 bits per heavy atom. The Bertz CT molecular complexity index is 555. The van der Waals surface area contributed by atoms with Gasteiger partial charge >= 0.3 is 5.69 Å². The highest BCUT2D eigenvalue weighted by atomic mass is 16.2. The van der Waals surface area contributed by atoms with Crippen LogP contribution in [0.15, 0.2) is 15.8 Å². The first-order valence-corrected chi connectivity index (χ1v) is 6.30. The normalized spacial score (nSPS) is 12.2. The Hall–Kier alpha value is -1.40. The van der Waals surface area contributed by atoms with E-state index in [1.54, 1.807) is 13.2 Å². The van der Waals surface area contributed by atoms with Crippen LogP contribution in [0.5, 0.6) is 0 Å². The van der Waals surface area contributed by atoms with Crippen molar-refractivity contribution in [1.82, 2.24) is 19.4 Å². The van der Waals surface area contributed by atoms with E-state index in [-0.39, 0.29) is 16.8 Å². The van der Waals surface area contributed by atoms with Gasteiger partial charge in [-0.3, -0.25) is 9.36 Å². The minimum atomic E-state index is -0.303. The molecule has 0 aliphatic heterocycles. The molecule has 0 unspecified atom stereocenters. The standard InChI is InChI=1S/C13H24N4O2/c1-13(2,15(3)4)9-14-7-10-8-16(5)12(19)17(6)11(10)18/h8,14H,7,9H2,1-6H3. The molecule has 1 N–H and O–H groups in total. The zero-order valence-electron chi connectivity index (χ0n) is 12.6. The first-order chi connectivity index (χ1) is 8.66. The number of aromatic nitrogens is 2. The highest BCUT2D eigenvalue weighted by Gasteiger charge is 2.19. The fourth-order valence-corrected chi connectivity index (χ4v) is 1.67. The van der Waals surface area contributed by atoms with Gasteiger partial charge in [0.15, 0.2) is 0 Å². The quantitative estimate of drug-likeness (QED) is 0.783. The molecule has 1 heterocycles. The lowest BCUT2D eigenvalue weighted by Crippen LogP contribution is -2.47. The van der Waals surface area contributed by atoms with Gasteiger partial charge in [0.1, 0.15) is 0 Å². The van der Waals surface area contributed by atoms with Crippen molar-refractivity contribution in [3.8, 4) is 0 Å². The zero-order valence-corrected chi connectivity index (χ0v) is 12.6. The molecule has 0 spiro atoms. The van der Waals surface area contributed by atoms with Crippen molar-refractivity contribution in [2.75, 3.05) is 20.6 Å². The second-order valence-electron chi connectivity index (χ2n) is 5.72. The number of nitrogens with zero attached hydrogens (tertiary/aromatic N) is 3. The van der Waals surface area contributed by atoms with Crippen LogP contribution >= 0.6 is 0 Å². The third kappa shape index (κ3) is 3.54. The first kappa shape index (κ1) is 15.7. The largest absolute Gasteiger partial charge is 0.330 e. The van der Waals surface area contributed by atoms with Gasteiger partial charge in [0.05, 0.1) is 0 Å². The van der Waals surface area contributed by atoms with Gasteiger partial charge in [-0.25, -0.2) is 4.79 Å². The van der Waals surface area contributed by atoms with Crippen molar-refractivity contribution >= 4 is 0 Å². The molecule has 108 valence electrons. The maximum Gasteiger partial charge on any atom is 0.330 e. The summed E-state index contributed by atoms with van der Waals surface area (Å²) in [7, 11) is 7.19. The predicted octanol–water partition coefficient (Wildman–Crippen LogP) is -0.486. The molecule has 0 bridgehead atoms. The summed E-state index contributed by atoms with van der Waals surface area (Å²) in [5.41, 5.74) is 0.0612. The van der Waals surface area contributed by atoms with Crippen LogP contribution in [0.1, 0.15) is 19.4 Å². The molecule has 1 aromatic heterocycles. The van der Waals surface area contributed by atoms with Gasteiger partial charge in [0.2, 0.25) is 0 Å². The number of hydrogen-bond donors (Lipinski definition) is 1. The SMILES string of the molecule is CN(C)C(C)(C)CNCc1cn(C)c(=O)n(C)c1=O. The van der Waals surface area contributed by atoms with Gasteiger partial charge in [-0.15, -0.1) is 0 Å². The maximum absolute atomic E-state index is 11.9. The van der Waals surface area contributed by atoms with Gasteiger partial charge in [0.25, 0.3) is 5.56 Å². The molecule has 1 aromatic rings. The number of rotatable bonds is 5. The number of likely N-dealkylation sites (N-methyl/N-ethyl adjacent to an activating group) is 1. The van der Waals surface area contributed by atoms with Gasteiger partial charge in [-0.1, -0.05) is 0 Å². The van der Waals surface area contributed by atoms with E-state index in [0.717, 1.165) is 11.1 Å². The second kappa shape index (κ2) is 5.71. The van der Waals surface area contributed by atoms with Crippen LogP contribution in [0.4, 0.5) is 0 Å². The first-order valence-electron chi connectivity index (χ1n) is 6.30. The minimum Gasteiger partial charge on any atom is -0.311 e. The lowest BCUT2D eigenvalue weighted by molar-refractivity contribution is 0.189. The molecular weight excluding hydrogens is 244 g/mol. The van der Waals surface area contributed by atoms with E-state index in [4.69, 9.17) is 0 Å². The van der Waals surface area contributed by atoms with Crippen molar-refractivity contribution in [3.63, 3.8) is 0 Å². The molecular formula is C13H24N4O2. The molecule has 1 rings (SSSR count). The molecule has 0 aliphatic carbocycles. The molecule has 0 fully saturated rings. The van der Waals surface area contributed by atoms with E-state index >= 15 is 0 Å². The van der Waals surface area contributed by atoms with Gasteiger partial charge in [0, 0.05) is 44.5 Å². The molecule has 0 aromatic carbocycles. The number of nitrogens with one attached hydrogen (secondary N) is 1. The summed E-state index contributed by atoms with van der Waals surface area (Å²) in [4.78, 5) is 25.6. The highest BCUT2D eigenvalue weighted by molar-refractivity contribution is 5.05. The fraction of sp³-hybridized carbons (Fsp3) is 0.692. The highest BCUT2D eigenvalue weighted by Crippen LogP contribution is 2.07. The van der Waals surface area contributed by atoms with Crippen LogP contribution in [0, 0.1) is 0 Å². The molecule has 6 heteroatoms. The molecule has 0 amide bonds. The summed E-state index contributed by atoms with van der Waals surface area (Å²) in [6.45, 7) is 5.46. The summed E-state index contributed by atoms with van der Waals surface area (Å²) < 4.78 is 2.56. The summed E-state index contributed by atoms with van der Waals surface area (Å²) >= 11 is 0. The molecule has 0 aliphatic rings. The maximum atomic E-state index is 11.9. The summed E-state index contributed by atoms with van der Waals surface area (Å²) in [5.74, 6) is 0. The summed E-state index contributed by atoms with van der Waals surface area (Å²) in [5, 5.41) is 3.27. The van der Waals surface area contributed by atoms with Gasteiger partial charge < -0.3 is 14.8 Å². The van der Waals surface area contributed by atoms with Crippen LogP contribution in [0.25, 0.3) is 0 Å². The monoisotopic (exact) mass is 268 g/mol. The number of aryl methyl sites for hydroxylation is 1. The van der Waals surface area contributed by atoms with E-state index in [2.05, 4.69) is 24.1 Å². The minimum absolute atomic E-state index is 0.00585. The Balaban J connectivity index is 2.81.